The smallest absolute Gasteiger partial charge is 0.407 e. The van der Waals surface area contributed by atoms with E-state index < -0.39 is 157 Å². The highest BCUT2D eigenvalue weighted by Crippen LogP contribution is 2.19. The van der Waals surface area contributed by atoms with E-state index in [1.165, 1.54) is 19.1 Å². The van der Waals surface area contributed by atoms with Crippen molar-refractivity contribution in [3.63, 3.8) is 0 Å². The first-order valence-electron chi connectivity index (χ1n) is 25.9. The number of carbonyl (C=O) groups excluding carboxylic acids is 10. The minimum absolute atomic E-state index is 0.0302. The highest BCUT2D eigenvalue weighted by atomic mass is 16.5. The predicted octanol–water partition coefficient (Wildman–Crippen LogP) is -3.12. The molecular weight excluding hydrogens is 1020 g/mol. The van der Waals surface area contributed by atoms with Gasteiger partial charge < -0.3 is 84.1 Å². The average molecular weight is 1100 g/mol. The Morgan fingerprint density at radius 3 is 1.72 bits per heavy atom. The van der Waals surface area contributed by atoms with Crippen molar-refractivity contribution in [3.05, 3.63) is 71.8 Å². The number of hydrogen-bond donors (Lipinski definition) is 15. The normalized spacial score (nSPS) is 25.4. The highest BCUT2D eigenvalue weighted by molar-refractivity contribution is 5.98. The number of aliphatic hydroxyl groups is 4. The lowest BCUT2D eigenvalue weighted by atomic mass is 9.95. The maximum atomic E-state index is 14.5. The van der Waals surface area contributed by atoms with Gasteiger partial charge in [0.2, 0.25) is 53.2 Å². The van der Waals surface area contributed by atoms with Crippen LogP contribution in [0.15, 0.2) is 60.7 Å². The van der Waals surface area contributed by atoms with Gasteiger partial charge in [0.15, 0.2) is 0 Å². The molecule has 78 heavy (non-hydrogen) atoms. The largest absolute Gasteiger partial charge is 0.445 e. The van der Waals surface area contributed by atoms with Crippen molar-refractivity contribution >= 4 is 59.3 Å². The molecule has 0 aliphatic carbocycles. The van der Waals surface area contributed by atoms with Crippen LogP contribution in [0.2, 0.25) is 0 Å². The number of nitrogens with one attached hydrogen (secondary N) is 10. The number of rotatable bonds is 16. The summed E-state index contributed by atoms with van der Waals surface area (Å²) >= 11 is 0. The third-order valence-corrected chi connectivity index (χ3v) is 12.8. The Balaban J connectivity index is 2.13. The van der Waals surface area contributed by atoms with Crippen LogP contribution in [0.25, 0.3) is 0 Å². The molecule has 0 bridgehead atoms. The zero-order valence-electron chi connectivity index (χ0n) is 45.1. The van der Waals surface area contributed by atoms with Crippen LogP contribution in [0, 0.1) is 17.8 Å². The number of ether oxygens (including phenoxy) is 1. The Morgan fingerprint density at radius 2 is 1.14 bits per heavy atom. The second kappa shape index (κ2) is 32.5. The van der Waals surface area contributed by atoms with E-state index in [1.54, 1.807) is 90.1 Å². The molecule has 16 N–H and O–H groups in total. The molecule has 0 saturated carbocycles. The van der Waals surface area contributed by atoms with Gasteiger partial charge in [0.25, 0.3) is 0 Å². The second-order valence-electron chi connectivity index (χ2n) is 19.9. The SMILES string of the molecule is CC[C@H](C)[C@@H]1NC(=O)[C@@H](CCCNC(=O)OCc2ccccc2)NC(=O)[C@H](CC(C)C)NC(=O)[C@H]([C@H](O)C(C)C)NC(=O)[C@@H](N)[C@@H](c2ccccc2)NC(=O)C(CO)NC(=O)[C@H](CO)NC(=O)CNC(=O)[C@H]([C@H](C)O)NC1=O. The molecule has 0 aromatic heterocycles. The van der Waals surface area contributed by atoms with Gasteiger partial charge >= 0.3 is 6.09 Å². The van der Waals surface area contributed by atoms with Gasteiger partial charge in [-0.25, -0.2) is 4.79 Å². The van der Waals surface area contributed by atoms with Gasteiger partial charge in [0.05, 0.1) is 38.0 Å². The molecule has 1 saturated heterocycles. The molecule has 1 fully saturated rings. The number of alkyl carbamates (subject to hydrolysis) is 1. The zero-order valence-corrected chi connectivity index (χ0v) is 45.1. The number of benzene rings is 2. The molecule has 2 aromatic carbocycles. The first kappa shape index (κ1) is 65.0. The Morgan fingerprint density at radius 1 is 0.628 bits per heavy atom. The summed E-state index contributed by atoms with van der Waals surface area (Å²) in [6, 6.07) is 2.02. The van der Waals surface area contributed by atoms with Crippen LogP contribution in [0.4, 0.5) is 4.79 Å². The molecule has 26 heteroatoms. The maximum absolute atomic E-state index is 14.5. The summed E-state index contributed by atoms with van der Waals surface area (Å²) in [4.78, 5) is 138. The number of aliphatic hydroxyl groups excluding tert-OH is 4. The topological polar surface area (TPSA) is 407 Å². The van der Waals surface area contributed by atoms with Crippen LogP contribution in [0.5, 0.6) is 0 Å². The van der Waals surface area contributed by atoms with Crippen molar-refractivity contribution in [1.82, 2.24) is 53.2 Å². The second-order valence-corrected chi connectivity index (χ2v) is 19.9. The Bertz CT molecular complexity index is 2330. The zero-order chi connectivity index (χ0) is 58.2. The molecule has 3 rings (SSSR count). The van der Waals surface area contributed by atoms with Gasteiger partial charge in [-0.05, 0) is 55.1 Å². The number of carbonyl (C=O) groups is 10. The van der Waals surface area contributed by atoms with E-state index in [0.717, 1.165) is 5.56 Å². The molecule has 1 aliphatic heterocycles. The lowest BCUT2D eigenvalue weighted by Gasteiger charge is -2.32. The van der Waals surface area contributed by atoms with Gasteiger partial charge in [-0.15, -0.1) is 0 Å². The first-order valence-corrected chi connectivity index (χ1v) is 25.9. The number of hydrogen-bond acceptors (Lipinski definition) is 16. The number of nitrogens with two attached hydrogens (primary N) is 1. The molecule has 12 atom stereocenters. The fourth-order valence-electron chi connectivity index (χ4n) is 7.95. The van der Waals surface area contributed by atoms with Crippen molar-refractivity contribution in [2.45, 2.75) is 147 Å². The van der Waals surface area contributed by atoms with Gasteiger partial charge in [-0.2, -0.15) is 0 Å². The van der Waals surface area contributed by atoms with Crippen LogP contribution in [-0.2, 0) is 54.5 Å². The maximum Gasteiger partial charge on any atom is 0.407 e. The molecule has 0 radical (unpaired) electrons. The van der Waals surface area contributed by atoms with Crippen molar-refractivity contribution in [1.29, 1.82) is 0 Å². The first-order chi connectivity index (χ1) is 36.9. The molecule has 432 valence electrons. The lowest BCUT2D eigenvalue weighted by molar-refractivity contribution is -0.138. The fourth-order valence-corrected chi connectivity index (χ4v) is 7.95. The van der Waals surface area contributed by atoms with Crippen molar-refractivity contribution in [3.8, 4) is 0 Å². The minimum atomic E-state index is -1.80. The Labute approximate surface area is 453 Å². The van der Waals surface area contributed by atoms with E-state index in [2.05, 4.69) is 53.2 Å². The van der Waals surface area contributed by atoms with Gasteiger partial charge in [0, 0.05) is 6.54 Å². The summed E-state index contributed by atoms with van der Waals surface area (Å²) in [5.41, 5.74) is 7.49. The van der Waals surface area contributed by atoms with Crippen LogP contribution in [-0.4, -0.2) is 167 Å². The third-order valence-electron chi connectivity index (χ3n) is 12.8. The van der Waals surface area contributed by atoms with Crippen molar-refractivity contribution < 1.29 is 73.1 Å². The number of amides is 10. The van der Waals surface area contributed by atoms with E-state index in [-0.39, 0.29) is 50.3 Å². The molecule has 2 aromatic rings. The summed E-state index contributed by atoms with van der Waals surface area (Å²) in [6.45, 7) is 8.04. The average Bonchev–Trinajstić information content (AvgIpc) is 3.42. The van der Waals surface area contributed by atoms with E-state index in [1.807, 2.05) is 0 Å². The Kier molecular flexibility index (Phi) is 27.1. The van der Waals surface area contributed by atoms with Gasteiger partial charge in [0.1, 0.15) is 54.9 Å². The molecular formula is C52H79N11O15. The highest BCUT2D eigenvalue weighted by Gasteiger charge is 2.39. The van der Waals surface area contributed by atoms with Crippen molar-refractivity contribution in [2.75, 3.05) is 26.3 Å². The third kappa shape index (κ3) is 20.6. The van der Waals surface area contributed by atoms with Crippen LogP contribution < -0.4 is 58.9 Å². The van der Waals surface area contributed by atoms with E-state index in [4.69, 9.17) is 10.5 Å². The van der Waals surface area contributed by atoms with Gasteiger partial charge in [-0.1, -0.05) is 109 Å². The summed E-state index contributed by atoms with van der Waals surface area (Å²) < 4.78 is 5.29. The molecule has 1 aliphatic rings. The lowest BCUT2D eigenvalue weighted by Crippen LogP contribution is -2.63. The molecule has 26 nitrogen and oxygen atoms in total. The fraction of sp³-hybridized carbons (Fsp3) is 0.577. The minimum Gasteiger partial charge on any atom is -0.445 e. The van der Waals surface area contributed by atoms with E-state index in [9.17, 15) is 68.4 Å². The van der Waals surface area contributed by atoms with E-state index in [0.29, 0.717) is 0 Å². The quantitative estimate of drug-likeness (QED) is 0.0740. The monoisotopic (exact) mass is 1100 g/mol. The summed E-state index contributed by atoms with van der Waals surface area (Å²) in [5, 5.41) is 66.9. The molecule has 1 unspecified atom stereocenters. The Hall–Kier alpha value is -7.26. The standard InChI is InChI=1S/C52H79N11O15/c1-8-29(6)39-50(75)61-40(30(7)66)49(74)55-23-37(67)56-35(24-64)46(71)59-36(25-65)47(72)62-41(32-18-13-10-14-19-32)38(53)48(73)63-42(43(68)28(4)5)51(76)58-34(22-27(2)3)45(70)57-33(44(69)60-39)20-15-21-54-52(77)78-26-31-16-11-9-12-17-31/h9-14,16-19,27-30,33-36,38-43,64-66,68H,8,15,20-26,53H2,1-7H3,(H,54,77)(H,55,74)(H,56,67)(H,57,70)(H,58,76)(H,59,71)(H,60,69)(H,61,75)(H,62,72)(H,63,73)/t29-,30-,33+,34-,35-,36?,38-,39-,40-,41+,42-,43+/m0/s1. The summed E-state index contributed by atoms with van der Waals surface area (Å²) in [6.07, 6.45) is -3.88. The van der Waals surface area contributed by atoms with Crippen LogP contribution >= 0.6 is 0 Å². The van der Waals surface area contributed by atoms with Crippen molar-refractivity contribution in [2.24, 2.45) is 23.5 Å². The molecule has 10 amide bonds. The van der Waals surface area contributed by atoms with E-state index >= 15 is 0 Å². The molecule has 1 heterocycles. The summed E-state index contributed by atoms with van der Waals surface area (Å²) in [5.74, 6) is -11.0. The molecule has 0 spiro atoms. The van der Waals surface area contributed by atoms with Gasteiger partial charge in [-0.3, -0.25) is 43.2 Å². The van der Waals surface area contributed by atoms with Crippen LogP contribution in [0.1, 0.15) is 91.3 Å². The summed E-state index contributed by atoms with van der Waals surface area (Å²) in [7, 11) is 0. The van der Waals surface area contributed by atoms with Crippen LogP contribution in [0.3, 0.4) is 0 Å². The predicted molar refractivity (Wildman–Crippen MR) is 281 cm³/mol.